The first-order chi connectivity index (χ1) is 8.25. The lowest BCUT2D eigenvalue weighted by Crippen LogP contribution is -2.39. The predicted molar refractivity (Wildman–Crippen MR) is 68.4 cm³/mol. The van der Waals surface area contributed by atoms with E-state index in [0.29, 0.717) is 18.9 Å². The second-order valence-electron chi connectivity index (χ2n) is 4.75. The molecule has 1 aliphatic rings. The summed E-state index contributed by atoms with van der Waals surface area (Å²) < 4.78 is 0. The Kier molecular flexibility index (Phi) is 4.15. The molecule has 0 spiro atoms. The van der Waals surface area contributed by atoms with E-state index in [1.165, 1.54) is 6.42 Å². The molecule has 3 nitrogen and oxygen atoms in total. The van der Waals surface area contributed by atoms with Crippen LogP contribution >= 0.6 is 0 Å². The first-order valence-electron chi connectivity index (χ1n) is 6.35. The molecule has 0 radical (unpaired) electrons. The molecule has 1 saturated carbocycles. The largest absolute Gasteiger partial charge is 0.353 e. The van der Waals surface area contributed by atoms with Crippen molar-refractivity contribution in [1.29, 1.82) is 0 Å². The van der Waals surface area contributed by atoms with E-state index in [1.807, 2.05) is 30.3 Å². The fourth-order valence-electron chi connectivity index (χ4n) is 2.01. The van der Waals surface area contributed by atoms with Gasteiger partial charge in [0.25, 0.3) is 0 Å². The number of rotatable bonds is 5. The number of benzene rings is 1. The van der Waals surface area contributed by atoms with Gasteiger partial charge in [0.05, 0.1) is 0 Å². The molecule has 0 saturated heterocycles. The number of hydrogen-bond donors (Lipinski definition) is 2. The molecule has 0 aliphatic heterocycles. The molecule has 3 N–H and O–H groups in total. The third kappa shape index (κ3) is 3.56. The van der Waals surface area contributed by atoms with Crippen molar-refractivity contribution in [2.75, 3.05) is 0 Å². The lowest BCUT2D eigenvalue weighted by molar-refractivity contribution is -0.122. The highest BCUT2D eigenvalue weighted by Crippen LogP contribution is 2.19. The van der Waals surface area contributed by atoms with Gasteiger partial charge in [-0.15, -0.1) is 0 Å². The van der Waals surface area contributed by atoms with Crippen molar-refractivity contribution in [2.24, 2.45) is 5.73 Å². The molecule has 1 fully saturated rings. The molecule has 0 bridgehead atoms. The summed E-state index contributed by atoms with van der Waals surface area (Å²) >= 11 is 0. The Morgan fingerprint density at radius 2 is 2.06 bits per heavy atom. The molecule has 1 amide bonds. The molecule has 2 rings (SSSR count). The first kappa shape index (κ1) is 12.1. The summed E-state index contributed by atoms with van der Waals surface area (Å²) in [4.78, 5) is 11.6. The Morgan fingerprint density at radius 1 is 1.35 bits per heavy atom. The molecule has 1 aliphatic carbocycles. The summed E-state index contributed by atoms with van der Waals surface area (Å²) in [6, 6.07) is 10.3. The quantitative estimate of drug-likeness (QED) is 0.817. The van der Waals surface area contributed by atoms with Crippen LogP contribution in [0.2, 0.25) is 0 Å². The minimum Gasteiger partial charge on any atom is -0.353 e. The molecular weight excluding hydrogens is 212 g/mol. The van der Waals surface area contributed by atoms with Crippen LogP contribution in [-0.2, 0) is 4.79 Å². The number of carbonyl (C=O) groups is 1. The van der Waals surface area contributed by atoms with Crippen molar-refractivity contribution in [3.05, 3.63) is 35.9 Å². The third-order valence-electron chi connectivity index (χ3n) is 3.38. The topological polar surface area (TPSA) is 55.1 Å². The minimum absolute atomic E-state index is 0.0386. The monoisotopic (exact) mass is 232 g/mol. The number of carbonyl (C=O) groups excluding carboxylic acids is 1. The van der Waals surface area contributed by atoms with Crippen LogP contribution in [0.15, 0.2) is 30.3 Å². The van der Waals surface area contributed by atoms with Gasteiger partial charge in [-0.25, -0.2) is 0 Å². The van der Waals surface area contributed by atoms with E-state index in [1.54, 1.807) is 0 Å². The van der Waals surface area contributed by atoms with Gasteiger partial charge >= 0.3 is 0 Å². The second-order valence-corrected chi connectivity index (χ2v) is 4.75. The molecule has 92 valence electrons. The van der Waals surface area contributed by atoms with E-state index in [2.05, 4.69) is 5.32 Å². The normalized spacial score (nSPS) is 17.2. The van der Waals surface area contributed by atoms with Gasteiger partial charge < -0.3 is 11.1 Å². The van der Waals surface area contributed by atoms with Crippen LogP contribution in [-0.4, -0.2) is 11.9 Å². The Morgan fingerprint density at radius 3 is 2.65 bits per heavy atom. The highest BCUT2D eigenvalue weighted by atomic mass is 16.1. The third-order valence-corrected chi connectivity index (χ3v) is 3.38. The molecule has 0 aromatic heterocycles. The zero-order chi connectivity index (χ0) is 12.1. The first-order valence-corrected chi connectivity index (χ1v) is 6.35. The summed E-state index contributed by atoms with van der Waals surface area (Å²) in [5.41, 5.74) is 7.14. The summed E-state index contributed by atoms with van der Waals surface area (Å²) in [6.07, 6.45) is 4.75. The maximum atomic E-state index is 11.6. The smallest absolute Gasteiger partial charge is 0.220 e. The Bertz CT molecular complexity index is 360. The predicted octanol–water partition coefficient (Wildman–Crippen LogP) is 2.14. The van der Waals surface area contributed by atoms with Crippen molar-refractivity contribution < 1.29 is 4.79 Å². The standard InChI is InChI=1S/C14H20N2O/c15-13(11-5-2-1-3-6-11)9-10-14(17)16-12-7-4-8-12/h1-3,5-6,12-13H,4,7-10,15H2,(H,16,17). The van der Waals surface area contributed by atoms with Crippen molar-refractivity contribution in [2.45, 2.75) is 44.2 Å². The van der Waals surface area contributed by atoms with E-state index in [4.69, 9.17) is 5.73 Å². The maximum Gasteiger partial charge on any atom is 0.220 e. The molecule has 17 heavy (non-hydrogen) atoms. The van der Waals surface area contributed by atoms with Gasteiger partial charge in [-0.3, -0.25) is 4.79 Å². The van der Waals surface area contributed by atoms with Gasteiger partial charge in [-0.05, 0) is 31.2 Å². The maximum absolute atomic E-state index is 11.6. The van der Waals surface area contributed by atoms with Crippen molar-refractivity contribution >= 4 is 5.91 Å². The number of nitrogens with one attached hydrogen (secondary N) is 1. The summed E-state index contributed by atoms with van der Waals surface area (Å²) in [6.45, 7) is 0. The Labute approximate surface area is 102 Å². The van der Waals surface area contributed by atoms with Crippen molar-refractivity contribution in [3.8, 4) is 0 Å². The fraction of sp³-hybridized carbons (Fsp3) is 0.500. The van der Waals surface area contributed by atoms with E-state index >= 15 is 0 Å². The van der Waals surface area contributed by atoms with Crippen LogP contribution < -0.4 is 11.1 Å². The molecule has 1 aromatic carbocycles. The van der Waals surface area contributed by atoms with Crippen molar-refractivity contribution in [3.63, 3.8) is 0 Å². The van der Waals surface area contributed by atoms with Crippen LogP contribution in [0.3, 0.4) is 0 Å². The molecule has 1 unspecified atom stereocenters. The minimum atomic E-state index is -0.0386. The summed E-state index contributed by atoms with van der Waals surface area (Å²) in [5.74, 6) is 0.140. The lowest BCUT2D eigenvalue weighted by Gasteiger charge is -2.26. The molecule has 1 atom stereocenters. The zero-order valence-electron chi connectivity index (χ0n) is 10.1. The van der Waals surface area contributed by atoms with E-state index in [-0.39, 0.29) is 11.9 Å². The Balaban J connectivity index is 1.72. The number of amides is 1. The van der Waals surface area contributed by atoms with Gasteiger partial charge in [0.15, 0.2) is 0 Å². The lowest BCUT2D eigenvalue weighted by atomic mass is 9.93. The van der Waals surface area contributed by atoms with Gasteiger partial charge in [0.2, 0.25) is 5.91 Å². The van der Waals surface area contributed by atoms with Crippen LogP contribution in [0.25, 0.3) is 0 Å². The highest BCUT2D eigenvalue weighted by Gasteiger charge is 2.19. The van der Waals surface area contributed by atoms with E-state index in [9.17, 15) is 4.79 Å². The van der Waals surface area contributed by atoms with Gasteiger partial charge in [-0.2, -0.15) is 0 Å². The average molecular weight is 232 g/mol. The average Bonchev–Trinajstić information content (AvgIpc) is 2.32. The van der Waals surface area contributed by atoms with Crippen LogP contribution in [0.4, 0.5) is 0 Å². The molecule has 3 heteroatoms. The highest BCUT2D eigenvalue weighted by molar-refractivity contribution is 5.76. The van der Waals surface area contributed by atoms with Crippen LogP contribution in [0.1, 0.15) is 43.7 Å². The summed E-state index contributed by atoms with van der Waals surface area (Å²) in [7, 11) is 0. The number of hydrogen-bond acceptors (Lipinski definition) is 2. The fourth-order valence-corrected chi connectivity index (χ4v) is 2.01. The number of nitrogens with two attached hydrogens (primary N) is 1. The van der Waals surface area contributed by atoms with Crippen LogP contribution in [0, 0.1) is 0 Å². The second kappa shape index (κ2) is 5.82. The van der Waals surface area contributed by atoms with E-state index < -0.39 is 0 Å². The Hall–Kier alpha value is -1.35. The van der Waals surface area contributed by atoms with Gasteiger partial charge in [-0.1, -0.05) is 30.3 Å². The summed E-state index contributed by atoms with van der Waals surface area (Å²) in [5, 5.41) is 3.03. The molecule has 0 heterocycles. The van der Waals surface area contributed by atoms with Gasteiger partial charge in [0, 0.05) is 18.5 Å². The SMILES string of the molecule is NC(CCC(=O)NC1CCC1)c1ccccc1. The van der Waals surface area contributed by atoms with E-state index in [0.717, 1.165) is 18.4 Å². The van der Waals surface area contributed by atoms with Crippen LogP contribution in [0.5, 0.6) is 0 Å². The van der Waals surface area contributed by atoms with Gasteiger partial charge in [0.1, 0.15) is 0 Å². The molecular formula is C14H20N2O. The van der Waals surface area contributed by atoms with Crippen molar-refractivity contribution in [1.82, 2.24) is 5.32 Å². The zero-order valence-corrected chi connectivity index (χ0v) is 10.1. The molecule has 1 aromatic rings.